The largest absolute Gasteiger partial charge is 0.444 e. The van der Waals surface area contributed by atoms with Crippen LogP contribution in [0.5, 0.6) is 0 Å². The molecule has 0 amide bonds. The molecule has 1 fully saturated rings. The van der Waals surface area contributed by atoms with E-state index >= 15 is 0 Å². The summed E-state index contributed by atoms with van der Waals surface area (Å²) < 4.78 is 47.4. The number of rotatable bonds is 3. The lowest BCUT2D eigenvalue weighted by Gasteiger charge is -2.36. The van der Waals surface area contributed by atoms with E-state index in [1.165, 1.54) is 24.3 Å². The Bertz CT molecular complexity index is 756. The van der Waals surface area contributed by atoms with Crippen LogP contribution in [-0.4, -0.2) is 26.2 Å². The molecule has 0 spiro atoms. The number of esters is 1. The molecular formula is C19H18F3NO2. The van der Waals surface area contributed by atoms with Crippen molar-refractivity contribution in [3.63, 3.8) is 0 Å². The van der Waals surface area contributed by atoms with Crippen molar-refractivity contribution in [2.45, 2.75) is 24.1 Å². The van der Waals surface area contributed by atoms with Crippen LogP contribution in [0.15, 0.2) is 54.6 Å². The molecule has 2 atom stereocenters. The Balaban J connectivity index is 2.14. The van der Waals surface area contributed by atoms with Crippen molar-refractivity contribution in [2.75, 3.05) is 19.0 Å². The van der Waals surface area contributed by atoms with Crippen molar-refractivity contribution in [3.8, 4) is 0 Å². The molecule has 3 nitrogen and oxygen atoms in total. The first kappa shape index (κ1) is 17.3. The van der Waals surface area contributed by atoms with Crippen molar-refractivity contribution in [1.82, 2.24) is 0 Å². The topological polar surface area (TPSA) is 29.5 Å². The Morgan fingerprint density at radius 1 is 1.04 bits per heavy atom. The highest BCUT2D eigenvalue weighted by Gasteiger charge is 2.67. The van der Waals surface area contributed by atoms with Gasteiger partial charge in [-0.15, -0.1) is 0 Å². The fourth-order valence-electron chi connectivity index (χ4n) is 3.33. The van der Waals surface area contributed by atoms with Crippen LogP contribution < -0.4 is 4.90 Å². The second-order valence-corrected chi connectivity index (χ2v) is 6.32. The normalized spacial score (nSPS) is 23.4. The quantitative estimate of drug-likeness (QED) is 0.776. The first-order valence-electron chi connectivity index (χ1n) is 7.87. The molecule has 0 unspecified atom stereocenters. The van der Waals surface area contributed by atoms with Gasteiger partial charge in [0.25, 0.3) is 0 Å². The minimum atomic E-state index is -4.73. The van der Waals surface area contributed by atoms with Crippen LogP contribution in [0.2, 0.25) is 0 Å². The highest BCUT2D eigenvalue weighted by Crippen LogP contribution is 2.56. The maximum absolute atomic E-state index is 14.1. The summed E-state index contributed by atoms with van der Waals surface area (Å²) in [5, 5.41) is 0. The molecule has 1 aliphatic heterocycles. The number of cyclic esters (lactones) is 1. The molecule has 0 aromatic heterocycles. The van der Waals surface area contributed by atoms with E-state index in [9.17, 15) is 18.0 Å². The van der Waals surface area contributed by atoms with Gasteiger partial charge in [0.05, 0.1) is 6.42 Å². The number of carbonyl (C=O) groups excluding carboxylic acids is 1. The summed E-state index contributed by atoms with van der Waals surface area (Å²) in [5.41, 5.74) is -1.43. The van der Waals surface area contributed by atoms with Crippen molar-refractivity contribution in [1.29, 1.82) is 0 Å². The summed E-state index contributed by atoms with van der Waals surface area (Å²) in [7, 11) is 3.70. The monoisotopic (exact) mass is 349 g/mol. The average molecular weight is 349 g/mol. The van der Waals surface area contributed by atoms with E-state index in [1.54, 1.807) is 30.3 Å². The molecule has 0 saturated carbocycles. The van der Waals surface area contributed by atoms with Crippen molar-refractivity contribution in [3.05, 3.63) is 65.7 Å². The van der Waals surface area contributed by atoms with Gasteiger partial charge in [0.1, 0.15) is 0 Å². The van der Waals surface area contributed by atoms with Gasteiger partial charge in [-0.05, 0) is 17.7 Å². The molecular weight excluding hydrogens is 331 g/mol. The zero-order valence-electron chi connectivity index (χ0n) is 13.9. The van der Waals surface area contributed by atoms with Crippen LogP contribution in [0.1, 0.15) is 23.5 Å². The van der Waals surface area contributed by atoms with Gasteiger partial charge in [0.2, 0.25) is 5.60 Å². The number of alkyl halides is 3. The molecule has 1 heterocycles. The summed E-state index contributed by atoms with van der Waals surface area (Å²) in [6, 6.07) is 14.1. The summed E-state index contributed by atoms with van der Waals surface area (Å²) in [4.78, 5) is 13.8. The summed E-state index contributed by atoms with van der Waals surface area (Å²) in [5.74, 6) is -1.97. The van der Waals surface area contributed by atoms with Gasteiger partial charge < -0.3 is 9.64 Å². The maximum Gasteiger partial charge on any atom is 0.433 e. The third-order valence-corrected chi connectivity index (χ3v) is 4.57. The van der Waals surface area contributed by atoms with Gasteiger partial charge in [-0.1, -0.05) is 42.5 Å². The lowest BCUT2D eigenvalue weighted by molar-refractivity contribution is -0.269. The number of benzene rings is 2. The Kier molecular flexibility index (Phi) is 4.22. The Morgan fingerprint density at radius 2 is 1.64 bits per heavy atom. The highest BCUT2D eigenvalue weighted by molar-refractivity contribution is 5.75. The van der Waals surface area contributed by atoms with E-state index in [0.29, 0.717) is 5.56 Å². The lowest BCUT2D eigenvalue weighted by Crippen LogP contribution is -2.46. The van der Waals surface area contributed by atoms with Crippen LogP contribution in [0.3, 0.4) is 0 Å². The first-order valence-corrected chi connectivity index (χ1v) is 7.87. The summed E-state index contributed by atoms with van der Waals surface area (Å²) in [6.45, 7) is 0. The zero-order chi connectivity index (χ0) is 18.2. The predicted octanol–water partition coefficient (Wildman–Crippen LogP) is 4.24. The van der Waals surface area contributed by atoms with E-state index in [-0.39, 0.29) is 12.0 Å². The van der Waals surface area contributed by atoms with Gasteiger partial charge in [0.15, 0.2) is 0 Å². The smallest absolute Gasteiger partial charge is 0.433 e. The maximum atomic E-state index is 14.1. The molecule has 3 rings (SSSR count). The third kappa shape index (κ3) is 2.86. The first-order chi connectivity index (χ1) is 11.8. The number of halogens is 3. The molecule has 0 radical (unpaired) electrons. The fraction of sp³-hybridized carbons (Fsp3) is 0.316. The minimum Gasteiger partial charge on any atom is -0.444 e. The van der Waals surface area contributed by atoms with Gasteiger partial charge in [-0.2, -0.15) is 13.2 Å². The SMILES string of the molecule is CN(C)c1ccc([C@H]2CC(=O)O[C@]2(c2ccccc2)C(F)(F)F)cc1. The van der Waals surface area contributed by atoms with Gasteiger partial charge in [0, 0.05) is 31.3 Å². The van der Waals surface area contributed by atoms with Gasteiger partial charge in [-0.3, -0.25) is 4.79 Å². The molecule has 132 valence electrons. The molecule has 0 N–H and O–H groups in total. The van der Waals surface area contributed by atoms with Gasteiger partial charge >= 0.3 is 12.1 Å². The number of ether oxygens (including phenoxy) is 1. The van der Waals surface area contributed by atoms with Crippen molar-refractivity contribution < 1.29 is 22.7 Å². The summed E-state index contributed by atoms with van der Waals surface area (Å²) in [6.07, 6.45) is -5.04. The zero-order valence-corrected chi connectivity index (χ0v) is 13.9. The molecule has 6 heteroatoms. The predicted molar refractivity (Wildman–Crippen MR) is 88.4 cm³/mol. The van der Waals surface area contributed by atoms with Crippen LogP contribution in [-0.2, 0) is 15.1 Å². The van der Waals surface area contributed by atoms with Crippen molar-refractivity contribution in [2.24, 2.45) is 0 Å². The Hall–Kier alpha value is -2.50. The number of nitrogens with zero attached hydrogens (tertiary/aromatic N) is 1. The van der Waals surface area contributed by atoms with E-state index in [2.05, 4.69) is 0 Å². The van der Waals surface area contributed by atoms with Crippen LogP contribution in [0, 0.1) is 0 Å². The molecule has 0 aliphatic carbocycles. The van der Waals surface area contributed by atoms with E-state index in [1.807, 2.05) is 19.0 Å². The lowest BCUT2D eigenvalue weighted by atomic mass is 9.76. The third-order valence-electron chi connectivity index (χ3n) is 4.57. The fourth-order valence-corrected chi connectivity index (χ4v) is 3.33. The van der Waals surface area contributed by atoms with E-state index in [0.717, 1.165) is 5.69 Å². The summed E-state index contributed by atoms with van der Waals surface area (Å²) >= 11 is 0. The number of anilines is 1. The second kappa shape index (κ2) is 6.10. The van der Waals surface area contributed by atoms with E-state index < -0.39 is 23.7 Å². The highest BCUT2D eigenvalue weighted by atomic mass is 19.4. The van der Waals surface area contributed by atoms with E-state index in [4.69, 9.17) is 4.74 Å². The minimum absolute atomic E-state index is 0.0602. The van der Waals surface area contributed by atoms with Crippen molar-refractivity contribution >= 4 is 11.7 Å². The molecule has 2 aromatic rings. The molecule has 1 aliphatic rings. The molecule has 2 aromatic carbocycles. The Morgan fingerprint density at radius 3 is 2.16 bits per heavy atom. The molecule has 0 bridgehead atoms. The van der Waals surface area contributed by atoms with Crippen LogP contribution in [0.25, 0.3) is 0 Å². The molecule has 1 saturated heterocycles. The average Bonchev–Trinajstić information content (AvgIpc) is 2.94. The van der Waals surface area contributed by atoms with Gasteiger partial charge in [-0.25, -0.2) is 0 Å². The molecule has 25 heavy (non-hydrogen) atoms. The second-order valence-electron chi connectivity index (χ2n) is 6.32. The number of carbonyl (C=O) groups is 1. The number of hydrogen-bond acceptors (Lipinski definition) is 3. The standard InChI is InChI=1S/C19H18F3NO2/c1-23(2)15-10-8-13(9-11-15)16-12-17(24)25-18(16,19(20,21)22)14-6-4-3-5-7-14/h3-11,16H,12H2,1-2H3/t16-,18+/m1/s1. The number of hydrogen-bond donors (Lipinski definition) is 0. The van der Waals surface area contributed by atoms with Crippen LogP contribution in [0.4, 0.5) is 18.9 Å². The van der Waals surface area contributed by atoms with Crippen LogP contribution >= 0.6 is 0 Å². The Labute approximate surface area is 144 Å².